The molecule has 0 radical (unpaired) electrons. The average Bonchev–Trinajstić information content (AvgIpc) is 3.51. The van der Waals surface area contributed by atoms with Crippen molar-refractivity contribution in [3.05, 3.63) is 23.8 Å². The van der Waals surface area contributed by atoms with Gasteiger partial charge in [0.2, 0.25) is 21.8 Å². The van der Waals surface area contributed by atoms with E-state index in [0.29, 0.717) is 12.3 Å². The molecule has 1 aromatic carbocycles. The van der Waals surface area contributed by atoms with Gasteiger partial charge in [0, 0.05) is 30.7 Å². The van der Waals surface area contributed by atoms with E-state index in [1.165, 1.54) is 13.5 Å². The lowest BCUT2D eigenvalue weighted by molar-refractivity contribution is -0.122. The first-order chi connectivity index (χ1) is 14.7. The zero-order valence-corrected chi connectivity index (χ0v) is 19.5. The number of nitrogens with zero attached hydrogens (tertiary/aromatic N) is 2. The molecule has 4 rings (SSSR count). The van der Waals surface area contributed by atoms with Gasteiger partial charge in [-0.2, -0.15) is 4.31 Å². The van der Waals surface area contributed by atoms with Crippen molar-refractivity contribution in [3.8, 4) is 0 Å². The summed E-state index contributed by atoms with van der Waals surface area (Å²) >= 11 is 0. The van der Waals surface area contributed by atoms with E-state index in [9.17, 15) is 18.0 Å². The number of carbonyl (C=O) groups excluding carboxylic acids is 2. The maximum Gasteiger partial charge on any atom is 0.243 e. The molecule has 31 heavy (non-hydrogen) atoms. The van der Waals surface area contributed by atoms with Crippen molar-refractivity contribution in [2.24, 2.45) is 11.8 Å². The van der Waals surface area contributed by atoms with E-state index in [1.807, 2.05) is 11.8 Å². The van der Waals surface area contributed by atoms with Crippen LogP contribution in [-0.2, 0) is 26.0 Å². The third kappa shape index (κ3) is 4.51. The van der Waals surface area contributed by atoms with Crippen molar-refractivity contribution < 1.29 is 18.0 Å². The normalized spacial score (nSPS) is 26.1. The molecule has 1 N–H and O–H groups in total. The minimum Gasteiger partial charge on any atom is -0.352 e. The largest absolute Gasteiger partial charge is 0.352 e. The molecule has 1 aromatic rings. The van der Waals surface area contributed by atoms with Gasteiger partial charge in [-0.05, 0) is 68.7 Å². The van der Waals surface area contributed by atoms with Gasteiger partial charge in [0.15, 0.2) is 0 Å². The van der Waals surface area contributed by atoms with Crippen molar-refractivity contribution >= 4 is 27.5 Å². The summed E-state index contributed by atoms with van der Waals surface area (Å²) in [7, 11) is -2.36. The van der Waals surface area contributed by atoms with E-state index < -0.39 is 10.0 Å². The van der Waals surface area contributed by atoms with E-state index in [1.54, 1.807) is 18.2 Å². The van der Waals surface area contributed by atoms with Crippen LogP contribution in [0.15, 0.2) is 23.1 Å². The summed E-state index contributed by atoms with van der Waals surface area (Å²) in [6.07, 6.45) is 6.84. The Labute approximate surface area is 185 Å². The topological polar surface area (TPSA) is 86.8 Å². The Balaban J connectivity index is 1.45. The van der Waals surface area contributed by atoms with Crippen molar-refractivity contribution in [2.75, 3.05) is 18.5 Å². The number of hydrogen-bond donors (Lipinski definition) is 1. The monoisotopic (exact) mass is 447 g/mol. The Morgan fingerprint density at radius 1 is 1.13 bits per heavy atom. The number of nitrogens with one attached hydrogen (secondary N) is 1. The van der Waals surface area contributed by atoms with Crippen LogP contribution in [0.3, 0.4) is 0 Å². The number of carbonyl (C=O) groups is 2. The van der Waals surface area contributed by atoms with Crippen molar-refractivity contribution in [2.45, 2.75) is 75.8 Å². The zero-order valence-electron chi connectivity index (χ0n) is 18.6. The fourth-order valence-electron chi connectivity index (χ4n) is 4.88. The minimum atomic E-state index is -3.80. The molecule has 1 aliphatic heterocycles. The first-order valence-electron chi connectivity index (χ1n) is 11.4. The van der Waals surface area contributed by atoms with E-state index >= 15 is 0 Å². The Bertz CT molecular complexity index is 973. The van der Waals surface area contributed by atoms with Crippen molar-refractivity contribution in [1.82, 2.24) is 9.62 Å². The Morgan fingerprint density at radius 2 is 1.84 bits per heavy atom. The molecular formula is C23H33N3O4S. The number of anilines is 1. The average molecular weight is 448 g/mol. The van der Waals surface area contributed by atoms with Gasteiger partial charge in [-0.25, -0.2) is 8.42 Å². The molecule has 2 aliphatic carbocycles. The predicted octanol–water partition coefficient (Wildman–Crippen LogP) is 2.69. The molecule has 1 heterocycles. The molecule has 170 valence electrons. The number of likely N-dealkylation sites (N-methyl/N-ethyl adjacent to an activating group) is 1. The Hall–Kier alpha value is -1.93. The summed E-state index contributed by atoms with van der Waals surface area (Å²) in [4.78, 5) is 27.1. The summed E-state index contributed by atoms with van der Waals surface area (Å²) in [6, 6.07) is 5.11. The number of rotatable bonds is 6. The SMILES string of the molecule is C[C@@H]1CCCC[C@@H]1NC(=O)CN(C)S(=O)(=O)c1ccc2c(c1)C[C@@H](C)N2C(=O)C1CC1. The van der Waals surface area contributed by atoms with Gasteiger partial charge in [0.25, 0.3) is 0 Å². The fraction of sp³-hybridized carbons (Fsp3) is 0.652. The molecular weight excluding hydrogens is 414 g/mol. The molecule has 3 atom stereocenters. The lowest BCUT2D eigenvalue weighted by Gasteiger charge is -2.30. The van der Waals surface area contributed by atoms with Gasteiger partial charge >= 0.3 is 0 Å². The molecule has 0 unspecified atom stereocenters. The van der Waals surface area contributed by atoms with Crippen LogP contribution in [-0.4, -0.2) is 50.2 Å². The quantitative estimate of drug-likeness (QED) is 0.726. The highest BCUT2D eigenvalue weighted by Gasteiger charge is 2.40. The molecule has 2 fully saturated rings. The molecule has 7 nitrogen and oxygen atoms in total. The first-order valence-corrected chi connectivity index (χ1v) is 12.8. The maximum atomic E-state index is 13.1. The highest BCUT2D eigenvalue weighted by molar-refractivity contribution is 7.89. The third-order valence-electron chi connectivity index (χ3n) is 6.96. The van der Waals surface area contributed by atoms with Crippen molar-refractivity contribution in [1.29, 1.82) is 0 Å². The highest BCUT2D eigenvalue weighted by Crippen LogP contribution is 2.39. The molecule has 0 spiro atoms. The summed E-state index contributed by atoms with van der Waals surface area (Å²) < 4.78 is 27.3. The Morgan fingerprint density at radius 3 is 2.52 bits per heavy atom. The lowest BCUT2D eigenvalue weighted by atomic mass is 9.86. The van der Waals surface area contributed by atoms with E-state index in [2.05, 4.69) is 12.2 Å². The predicted molar refractivity (Wildman–Crippen MR) is 119 cm³/mol. The molecule has 2 saturated carbocycles. The summed E-state index contributed by atoms with van der Waals surface area (Å²) in [6.45, 7) is 3.93. The van der Waals surface area contributed by atoms with E-state index in [0.717, 1.165) is 47.7 Å². The van der Waals surface area contributed by atoms with Gasteiger partial charge in [0.05, 0.1) is 11.4 Å². The third-order valence-corrected chi connectivity index (χ3v) is 8.76. The van der Waals surface area contributed by atoms with Crippen LogP contribution >= 0.6 is 0 Å². The van der Waals surface area contributed by atoms with E-state index in [4.69, 9.17) is 0 Å². The van der Waals surface area contributed by atoms with Crippen LogP contribution in [0.4, 0.5) is 5.69 Å². The Kier molecular flexibility index (Phi) is 6.14. The van der Waals surface area contributed by atoms with Crippen LogP contribution in [0.2, 0.25) is 0 Å². The van der Waals surface area contributed by atoms with Crippen LogP contribution in [0.1, 0.15) is 57.9 Å². The van der Waals surface area contributed by atoms with Gasteiger partial charge < -0.3 is 10.2 Å². The smallest absolute Gasteiger partial charge is 0.243 e. The fourth-order valence-corrected chi connectivity index (χ4v) is 6.06. The second-order valence-corrected chi connectivity index (χ2v) is 11.6. The van der Waals surface area contributed by atoms with Gasteiger partial charge in [-0.3, -0.25) is 9.59 Å². The lowest BCUT2D eigenvalue weighted by Crippen LogP contribution is -2.46. The molecule has 8 heteroatoms. The number of sulfonamides is 1. The number of benzene rings is 1. The van der Waals surface area contributed by atoms with Gasteiger partial charge in [-0.1, -0.05) is 19.8 Å². The molecule has 0 bridgehead atoms. The molecule has 2 amide bonds. The van der Waals surface area contributed by atoms with Crippen LogP contribution in [0.25, 0.3) is 0 Å². The number of amides is 2. The second-order valence-electron chi connectivity index (χ2n) is 9.52. The summed E-state index contributed by atoms with van der Waals surface area (Å²) in [5.41, 5.74) is 1.69. The zero-order chi connectivity index (χ0) is 22.3. The van der Waals surface area contributed by atoms with Crippen molar-refractivity contribution in [3.63, 3.8) is 0 Å². The van der Waals surface area contributed by atoms with Crippen LogP contribution < -0.4 is 10.2 Å². The standard InChI is InChI=1S/C23H33N3O4S/c1-15-6-4-5-7-20(15)24-22(27)14-25(3)31(29,30)19-10-11-21-18(13-19)12-16(2)26(21)23(28)17-8-9-17/h10-11,13,15-17,20H,4-9,12,14H2,1-3H3,(H,24,27)/t15-,16-,20+/m1/s1. The number of hydrogen-bond acceptors (Lipinski definition) is 4. The molecule has 0 saturated heterocycles. The first kappa shape index (κ1) is 22.3. The summed E-state index contributed by atoms with van der Waals surface area (Å²) in [5, 5.41) is 3.02. The molecule has 0 aromatic heterocycles. The molecule has 3 aliphatic rings. The number of fused-ring (bicyclic) bond motifs is 1. The highest BCUT2D eigenvalue weighted by atomic mass is 32.2. The van der Waals surface area contributed by atoms with Gasteiger partial charge in [-0.15, -0.1) is 0 Å². The summed E-state index contributed by atoms with van der Waals surface area (Å²) in [5.74, 6) is 0.418. The van der Waals surface area contributed by atoms with Crippen LogP contribution in [0.5, 0.6) is 0 Å². The maximum absolute atomic E-state index is 13.1. The minimum absolute atomic E-state index is 0.0297. The second kappa shape index (κ2) is 8.54. The van der Waals surface area contributed by atoms with E-state index in [-0.39, 0.29) is 41.3 Å². The van der Waals surface area contributed by atoms with Crippen LogP contribution in [0, 0.1) is 11.8 Å². The van der Waals surface area contributed by atoms with Gasteiger partial charge in [0.1, 0.15) is 0 Å².